The van der Waals surface area contributed by atoms with Crippen LogP contribution in [0.3, 0.4) is 0 Å². The first-order chi connectivity index (χ1) is 10.1. The molecule has 1 aromatic rings. The molecule has 0 radical (unpaired) electrons. The van der Waals surface area contributed by atoms with E-state index in [1.54, 1.807) is 17.0 Å². The summed E-state index contributed by atoms with van der Waals surface area (Å²) < 4.78 is 5.30. The molecular formula is C15H24ClN3O2. The second kappa shape index (κ2) is 9.58. The summed E-state index contributed by atoms with van der Waals surface area (Å²) in [5, 5.41) is 3.53. The molecule has 0 aromatic carbocycles. The minimum Gasteiger partial charge on any atom is -0.380 e. The number of carbonyl (C=O) groups is 1. The van der Waals surface area contributed by atoms with Crippen LogP contribution in [0.1, 0.15) is 37.7 Å². The van der Waals surface area contributed by atoms with Gasteiger partial charge in [0, 0.05) is 26.2 Å². The van der Waals surface area contributed by atoms with Gasteiger partial charge in [0.25, 0.3) is 5.91 Å². The van der Waals surface area contributed by atoms with Crippen molar-refractivity contribution in [2.75, 3.05) is 38.2 Å². The number of nitrogens with zero attached hydrogens (tertiary/aromatic N) is 2. The Morgan fingerprint density at radius 2 is 2.14 bits per heavy atom. The van der Waals surface area contributed by atoms with Gasteiger partial charge in [-0.3, -0.25) is 4.79 Å². The maximum atomic E-state index is 12.5. The van der Waals surface area contributed by atoms with Gasteiger partial charge < -0.3 is 15.0 Å². The molecule has 6 heteroatoms. The largest absolute Gasteiger partial charge is 0.380 e. The minimum atomic E-state index is -0.164. The summed E-state index contributed by atoms with van der Waals surface area (Å²) in [6.07, 6.45) is 0.989. The first-order valence-electron chi connectivity index (χ1n) is 7.41. The Bertz CT molecular complexity index is 455. The summed E-state index contributed by atoms with van der Waals surface area (Å²) in [5.41, 5.74) is 0.288. The van der Waals surface area contributed by atoms with Crippen LogP contribution in [0.25, 0.3) is 0 Å². The molecule has 0 aliphatic heterocycles. The lowest BCUT2D eigenvalue weighted by molar-refractivity contribution is 0.0664. The lowest BCUT2D eigenvalue weighted by Crippen LogP contribution is -2.34. The predicted molar refractivity (Wildman–Crippen MR) is 86.1 cm³/mol. The molecule has 1 aromatic heterocycles. The Morgan fingerprint density at radius 1 is 1.38 bits per heavy atom. The van der Waals surface area contributed by atoms with E-state index >= 15 is 0 Å². The van der Waals surface area contributed by atoms with Crippen molar-refractivity contribution < 1.29 is 9.53 Å². The fraction of sp³-hybridized carbons (Fsp3) is 0.600. The number of hydrogen-bond acceptors (Lipinski definition) is 4. The number of halogens is 1. The van der Waals surface area contributed by atoms with Crippen LogP contribution in [0.2, 0.25) is 5.02 Å². The summed E-state index contributed by atoms with van der Waals surface area (Å²) >= 11 is 6.12. The highest BCUT2D eigenvalue weighted by Crippen LogP contribution is 2.18. The number of hydrogen-bond donors (Lipinski definition) is 1. The molecule has 0 bridgehead atoms. The van der Waals surface area contributed by atoms with Crippen molar-refractivity contribution >= 4 is 23.3 Å². The normalized spacial score (nSPS) is 10.5. The average Bonchev–Trinajstić information content (AvgIpc) is 2.50. The topological polar surface area (TPSA) is 54.5 Å². The van der Waals surface area contributed by atoms with Gasteiger partial charge in [-0.05, 0) is 32.4 Å². The monoisotopic (exact) mass is 313 g/mol. The fourth-order valence-electron chi connectivity index (χ4n) is 1.82. The second-order valence-electron chi connectivity index (χ2n) is 4.54. The highest BCUT2D eigenvalue weighted by molar-refractivity contribution is 6.33. The van der Waals surface area contributed by atoms with E-state index in [1.807, 2.05) is 13.8 Å². The van der Waals surface area contributed by atoms with E-state index < -0.39 is 0 Å². The Balaban J connectivity index is 2.82. The van der Waals surface area contributed by atoms with Crippen molar-refractivity contribution in [2.24, 2.45) is 0 Å². The number of rotatable bonds is 9. The lowest BCUT2D eigenvalue weighted by Gasteiger charge is -2.21. The van der Waals surface area contributed by atoms with E-state index in [1.165, 1.54) is 0 Å². The summed E-state index contributed by atoms with van der Waals surface area (Å²) in [6, 6.07) is 3.49. The molecule has 1 N–H and O–H groups in total. The first kappa shape index (κ1) is 17.7. The van der Waals surface area contributed by atoms with E-state index in [-0.39, 0.29) is 11.6 Å². The number of aromatic nitrogens is 1. The third-order valence-electron chi connectivity index (χ3n) is 2.98. The summed E-state index contributed by atoms with van der Waals surface area (Å²) in [4.78, 5) is 18.5. The van der Waals surface area contributed by atoms with Gasteiger partial charge in [-0.15, -0.1) is 0 Å². The van der Waals surface area contributed by atoms with Gasteiger partial charge >= 0.3 is 0 Å². The third-order valence-corrected chi connectivity index (χ3v) is 3.29. The van der Waals surface area contributed by atoms with Gasteiger partial charge in [-0.2, -0.15) is 0 Å². The van der Waals surface area contributed by atoms with E-state index in [4.69, 9.17) is 16.3 Å². The maximum absolute atomic E-state index is 12.5. The number of pyridine rings is 1. The zero-order valence-electron chi connectivity index (χ0n) is 13.0. The number of amides is 1. The molecular weight excluding hydrogens is 290 g/mol. The number of ether oxygens (including phenoxy) is 1. The Labute approximate surface area is 131 Å². The highest BCUT2D eigenvalue weighted by Gasteiger charge is 2.19. The zero-order valence-corrected chi connectivity index (χ0v) is 13.7. The molecule has 0 aliphatic rings. The van der Waals surface area contributed by atoms with Gasteiger partial charge in [0.15, 0.2) is 0 Å². The summed E-state index contributed by atoms with van der Waals surface area (Å²) in [5.74, 6) is 0.507. The zero-order chi connectivity index (χ0) is 15.7. The molecule has 0 aliphatic carbocycles. The number of nitrogens with one attached hydrogen (secondary N) is 1. The van der Waals surface area contributed by atoms with E-state index in [0.29, 0.717) is 37.1 Å². The molecule has 118 valence electrons. The van der Waals surface area contributed by atoms with Crippen molar-refractivity contribution in [3.8, 4) is 0 Å². The smallest absolute Gasteiger partial charge is 0.274 e. The number of likely N-dealkylation sites (N-methyl/N-ethyl adjacent to an activating group) is 1. The van der Waals surface area contributed by atoms with Crippen molar-refractivity contribution in [2.45, 2.75) is 27.2 Å². The fourth-order valence-corrected chi connectivity index (χ4v) is 2.00. The van der Waals surface area contributed by atoms with Crippen LogP contribution in [0, 0.1) is 0 Å². The van der Waals surface area contributed by atoms with Crippen LogP contribution in [-0.2, 0) is 4.74 Å². The SMILES string of the molecule is CCCNc1ccc(Cl)c(C(=O)N(CC)CCOCC)n1. The molecule has 1 amide bonds. The molecule has 0 spiro atoms. The van der Waals surface area contributed by atoms with Crippen LogP contribution in [0.5, 0.6) is 0 Å². The summed E-state index contributed by atoms with van der Waals surface area (Å²) in [6.45, 7) is 9.02. The van der Waals surface area contributed by atoms with Crippen LogP contribution < -0.4 is 5.32 Å². The van der Waals surface area contributed by atoms with Crippen LogP contribution >= 0.6 is 11.6 Å². The Morgan fingerprint density at radius 3 is 2.76 bits per heavy atom. The standard InChI is InChI=1S/C15H24ClN3O2/c1-4-9-17-13-8-7-12(16)14(18-13)15(20)19(5-2)10-11-21-6-3/h7-8H,4-6,9-11H2,1-3H3,(H,17,18). The summed E-state index contributed by atoms with van der Waals surface area (Å²) in [7, 11) is 0. The second-order valence-corrected chi connectivity index (χ2v) is 4.94. The molecule has 0 fully saturated rings. The molecule has 0 atom stereocenters. The van der Waals surface area contributed by atoms with Gasteiger partial charge in [-0.1, -0.05) is 18.5 Å². The predicted octanol–water partition coefficient (Wildman–Crippen LogP) is 3.06. The average molecular weight is 314 g/mol. The van der Waals surface area contributed by atoms with E-state index in [2.05, 4.69) is 17.2 Å². The van der Waals surface area contributed by atoms with Crippen molar-refractivity contribution in [1.82, 2.24) is 9.88 Å². The third kappa shape index (κ3) is 5.52. The Kier molecular flexibility index (Phi) is 8.08. The molecule has 1 rings (SSSR count). The van der Waals surface area contributed by atoms with Gasteiger partial charge in [-0.25, -0.2) is 4.98 Å². The van der Waals surface area contributed by atoms with Crippen molar-refractivity contribution in [3.63, 3.8) is 0 Å². The Hall–Kier alpha value is -1.33. The van der Waals surface area contributed by atoms with Crippen LogP contribution in [0.4, 0.5) is 5.82 Å². The number of anilines is 1. The molecule has 1 heterocycles. The van der Waals surface area contributed by atoms with Crippen molar-refractivity contribution in [1.29, 1.82) is 0 Å². The highest BCUT2D eigenvalue weighted by atomic mass is 35.5. The molecule has 21 heavy (non-hydrogen) atoms. The first-order valence-corrected chi connectivity index (χ1v) is 7.79. The number of carbonyl (C=O) groups excluding carboxylic acids is 1. The van der Waals surface area contributed by atoms with Gasteiger partial charge in [0.2, 0.25) is 0 Å². The minimum absolute atomic E-state index is 0.164. The molecule has 5 nitrogen and oxygen atoms in total. The maximum Gasteiger partial charge on any atom is 0.274 e. The molecule has 0 saturated carbocycles. The van der Waals surface area contributed by atoms with E-state index in [0.717, 1.165) is 13.0 Å². The van der Waals surface area contributed by atoms with Crippen LogP contribution in [-0.4, -0.2) is 48.6 Å². The lowest BCUT2D eigenvalue weighted by atomic mass is 10.3. The quantitative estimate of drug-likeness (QED) is 0.712. The van der Waals surface area contributed by atoms with Crippen molar-refractivity contribution in [3.05, 3.63) is 22.8 Å². The van der Waals surface area contributed by atoms with Gasteiger partial charge in [0.1, 0.15) is 11.5 Å². The molecule has 0 saturated heterocycles. The van der Waals surface area contributed by atoms with Crippen LogP contribution in [0.15, 0.2) is 12.1 Å². The van der Waals surface area contributed by atoms with E-state index in [9.17, 15) is 4.79 Å². The van der Waals surface area contributed by atoms with Gasteiger partial charge in [0.05, 0.1) is 11.6 Å². The molecule has 0 unspecified atom stereocenters.